The molecule has 4 N–H and O–H groups in total. The molecule has 0 saturated carbocycles. The van der Waals surface area contributed by atoms with Crippen molar-refractivity contribution in [2.75, 3.05) is 0 Å². The van der Waals surface area contributed by atoms with Crippen LogP contribution in [0, 0.1) is 5.92 Å². The second-order valence-corrected chi connectivity index (χ2v) is 3.93. The Labute approximate surface area is 99.6 Å². The van der Waals surface area contributed by atoms with Gasteiger partial charge in [-0.3, -0.25) is 25.4 Å². The van der Waals surface area contributed by atoms with Crippen LogP contribution in [-0.4, -0.2) is 22.8 Å². The molecule has 1 unspecified atom stereocenters. The summed E-state index contributed by atoms with van der Waals surface area (Å²) in [5.41, 5.74) is 10.3. The molecule has 0 aromatic carbocycles. The number of nitrogens with one attached hydrogen (secondary N) is 2. The van der Waals surface area contributed by atoms with Crippen LogP contribution in [0.15, 0.2) is 24.4 Å². The van der Waals surface area contributed by atoms with Crippen molar-refractivity contribution >= 4 is 11.8 Å². The fourth-order valence-electron chi connectivity index (χ4n) is 1.07. The van der Waals surface area contributed by atoms with Crippen molar-refractivity contribution in [3.05, 3.63) is 30.1 Å². The molecule has 2 amide bonds. The Morgan fingerprint density at radius 2 is 2.00 bits per heavy atom. The number of aromatic nitrogens is 1. The number of hydrogen-bond donors (Lipinski definition) is 3. The monoisotopic (exact) mass is 236 g/mol. The van der Waals surface area contributed by atoms with Crippen LogP contribution >= 0.6 is 0 Å². The van der Waals surface area contributed by atoms with Crippen molar-refractivity contribution in [2.45, 2.75) is 19.9 Å². The van der Waals surface area contributed by atoms with Gasteiger partial charge in [0.15, 0.2) is 0 Å². The van der Waals surface area contributed by atoms with E-state index in [0.29, 0.717) is 0 Å². The maximum atomic E-state index is 11.5. The van der Waals surface area contributed by atoms with Gasteiger partial charge in [0.1, 0.15) is 5.69 Å². The molecule has 1 aromatic heterocycles. The van der Waals surface area contributed by atoms with Gasteiger partial charge in [0.2, 0.25) is 0 Å². The first-order chi connectivity index (χ1) is 8.02. The molecule has 6 heteroatoms. The molecule has 0 saturated heterocycles. The molecule has 17 heavy (non-hydrogen) atoms. The predicted molar refractivity (Wildman–Crippen MR) is 62.7 cm³/mol. The number of pyridine rings is 1. The SMILES string of the molecule is CC(C)C(N)C(=O)NNC(=O)c1ccccn1. The van der Waals surface area contributed by atoms with Crippen molar-refractivity contribution < 1.29 is 9.59 Å². The highest BCUT2D eigenvalue weighted by Gasteiger charge is 2.17. The van der Waals surface area contributed by atoms with Crippen LogP contribution in [0.4, 0.5) is 0 Å². The van der Waals surface area contributed by atoms with Gasteiger partial charge in [-0.05, 0) is 18.1 Å². The molecular weight excluding hydrogens is 220 g/mol. The number of hydrazine groups is 1. The molecule has 1 atom stereocenters. The molecule has 0 radical (unpaired) electrons. The Morgan fingerprint density at radius 1 is 1.29 bits per heavy atom. The smallest absolute Gasteiger partial charge is 0.288 e. The van der Waals surface area contributed by atoms with Crippen LogP contribution < -0.4 is 16.6 Å². The molecule has 0 aliphatic carbocycles. The number of hydrogen-bond acceptors (Lipinski definition) is 4. The van der Waals surface area contributed by atoms with Gasteiger partial charge in [0, 0.05) is 6.20 Å². The standard InChI is InChI=1S/C11H16N4O2/c1-7(2)9(12)11(17)15-14-10(16)8-5-3-4-6-13-8/h3-7,9H,12H2,1-2H3,(H,14,16)(H,15,17). The van der Waals surface area contributed by atoms with Crippen molar-refractivity contribution in [1.82, 2.24) is 15.8 Å². The maximum absolute atomic E-state index is 11.5. The van der Waals surface area contributed by atoms with Crippen LogP contribution in [0.1, 0.15) is 24.3 Å². The number of carbonyl (C=O) groups excluding carboxylic acids is 2. The summed E-state index contributed by atoms with van der Waals surface area (Å²) in [6.45, 7) is 3.65. The number of nitrogens with zero attached hydrogens (tertiary/aromatic N) is 1. The quantitative estimate of drug-likeness (QED) is 0.634. The molecule has 1 aromatic rings. The van der Waals surface area contributed by atoms with E-state index >= 15 is 0 Å². The molecule has 0 bridgehead atoms. The first-order valence-electron chi connectivity index (χ1n) is 5.29. The fourth-order valence-corrected chi connectivity index (χ4v) is 1.07. The Morgan fingerprint density at radius 3 is 2.53 bits per heavy atom. The van der Waals surface area contributed by atoms with E-state index in [0.717, 1.165) is 0 Å². The largest absolute Gasteiger partial charge is 0.320 e. The molecule has 1 heterocycles. The second-order valence-electron chi connectivity index (χ2n) is 3.93. The number of nitrogens with two attached hydrogens (primary N) is 1. The molecular formula is C11H16N4O2. The minimum atomic E-state index is -0.654. The van der Waals surface area contributed by atoms with Gasteiger partial charge < -0.3 is 5.73 Å². The molecule has 0 spiro atoms. The average Bonchev–Trinajstić information content (AvgIpc) is 2.35. The lowest BCUT2D eigenvalue weighted by Crippen LogP contribution is -2.51. The Hall–Kier alpha value is -1.95. The summed E-state index contributed by atoms with van der Waals surface area (Å²) in [5, 5.41) is 0. The van der Waals surface area contributed by atoms with Gasteiger partial charge in [-0.25, -0.2) is 0 Å². The van der Waals surface area contributed by atoms with E-state index in [1.54, 1.807) is 18.2 Å². The molecule has 0 aliphatic rings. The van der Waals surface area contributed by atoms with Crippen molar-refractivity contribution in [3.63, 3.8) is 0 Å². The summed E-state index contributed by atoms with van der Waals surface area (Å²) in [5.74, 6) is -0.902. The number of rotatable bonds is 3. The Bertz CT molecular complexity index is 392. The van der Waals surface area contributed by atoms with Gasteiger partial charge in [0.05, 0.1) is 6.04 Å². The molecule has 0 aliphatic heterocycles. The third-order valence-corrected chi connectivity index (χ3v) is 2.22. The Kier molecular flexibility index (Phi) is 4.59. The molecule has 92 valence electrons. The lowest BCUT2D eigenvalue weighted by molar-refractivity contribution is -0.124. The van der Waals surface area contributed by atoms with Crippen LogP contribution in [0.5, 0.6) is 0 Å². The van der Waals surface area contributed by atoms with Crippen molar-refractivity contribution in [1.29, 1.82) is 0 Å². The van der Waals surface area contributed by atoms with Gasteiger partial charge >= 0.3 is 0 Å². The molecule has 1 rings (SSSR count). The van der Waals surface area contributed by atoms with E-state index in [1.807, 2.05) is 13.8 Å². The van der Waals surface area contributed by atoms with E-state index in [4.69, 9.17) is 5.73 Å². The zero-order valence-electron chi connectivity index (χ0n) is 9.81. The summed E-state index contributed by atoms with van der Waals surface area (Å²) >= 11 is 0. The van der Waals surface area contributed by atoms with E-state index in [2.05, 4.69) is 15.8 Å². The van der Waals surface area contributed by atoms with Gasteiger partial charge in [-0.1, -0.05) is 19.9 Å². The van der Waals surface area contributed by atoms with Crippen LogP contribution in [-0.2, 0) is 4.79 Å². The highest BCUT2D eigenvalue weighted by atomic mass is 16.2. The van der Waals surface area contributed by atoms with E-state index in [1.165, 1.54) is 6.20 Å². The summed E-state index contributed by atoms with van der Waals surface area (Å²) in [7, 11) is 0. The predicted octanol–water partition coefficient (Wildman–Crippen LogP) is -0.174. The molecule has 0 fully saturated rings. The van der Waals surface area contributed by atoms with Gasteiger partial charge in [-0.2, -0.15) is 0 Å². The van der Waals surface area contributed by atoms with E-state index in [9.17, 15) is 9.59 Å². The summed E-state index contributed by atoms with van der Waals surface area (Å²) in [6, 6.07) is 4.27. The third kappa shape index (κ3) is 3.84. The van der Waals surface area contributed by atoms with Crippen LogP contribution in [0.25, 0.3) is 0 Å². The average molecular weight is 236 g/mol. The van der Waals surface area contributed by atoms with Crippen LogP contribution in [0.3, 0.4) is 0 Å². The number of carbonyl (C=O) groups is 2. The van der Waals surface area contributed by atoms with E-state index < -0.39 is 17.9 Å². The molecule has 6 nitrogen and oxygen atoms in total. The van der Waals surface area contributed by atoms with Crippen molar-refractivity contribution in [2.24, 2.45) is 11.7 Å². The summed E-state index contributed by atoms with van der Waals surface area (Å²) in [6.07, 6.45) is 1.50. The first-order valence-corrected chi connectivity index (χ1v) is 5.29. The zero-order valence-corrected chi connectivity index (χ0v) is 9.81. The van der Waals surface area contributed by atoms with Crippen molar-refractivity contribution in [3.8, 4) is 0 Å². The zero-order chi connectivity index (χ0) is 12.8. The van der Waals surface area contributed by atoms with E-state index in [-0.39, 0.29) is 11.6 Å². The topological polar surface area (TPSA) is 97.1 Å². The Balaban J connectivity index is 2.47. The van der Waals surface area contributed by atoms with Gasteiger partial charge in [0.25, 0.3) is 11.8 Å². The minimum Gasteiger partial charge on any atom is -0.320 e. The summed E-state index contributed by atoms with van der Waals surface area (Å²) in [4.78, 5) is 26.8. The number of amides is 2. The lowest BCUT2D eigenvalue weighted by atomic mass is 10.1. The highest BCUT2D eigenvalue weighted by molar-refractivity contribution is 5.94. The minimum absolute atomic E-state index is 0.00162. The normalized spacial score (nSPS) is 12.0. The second kappa shape index (κ2) is 5.95. The lowest BCUT2D eigenvalue weighted by Gasteiger charge is -2.15. The summed E-state index contributed by atoms with van der Waals surface area (Å²) < 4.78 is 0. The van der Waals surface area contributed by atoms with Crippen LogP contribution in [0.2, 0.25) is 0 Å². The van der Waals surface area contributed by atoms with Gasteiger partial charge in [-0.15, -0.1) is 0 Å². The highest BCUT2D eigenvalue weighted by Crippen LogP contribution is 1.97. The maximum Gasteiger partial charge on any atom is 0.288 e. The third-order valence-electron chi connectivity index (χ3n) is 2.22. The fraction of sp³-hybridized carbons (Fsp3) is 0.364. The first kappa shape index (κ1) is 13.1.